The molecule has 0 bridgehead atoms. The summed E-state index contributed by atoms with van der Waals surface area (Å²) in [6, 6.07) is 6.96. The van der Waals surface area contributed by atoms with E-state index in [0.717, 1.165) is 48.3 Å². The Morgan fingerprint density at radius 3 is 3.11 bits per heavy atom. The molecule has 7 heteroatoms. The topological polar surface area (TPSA) is 73.9 Å². The second-order valence-corrected chi connectivity index (χ2v) is 7.47. The number of fused-ring (bicyclic) bond motifs is 1. The Morgan fingerprint density at radius 2 is 2.25 bits per heavy atom. The highest BCUT2D eigenvalue weighted by molar-refractivity contribution is 5.87. The largest absolute Gasteiger partial charge is 0.376 e. The number of aromatic amines is 1. The van der Waals surface area contributed by atoms with Gasteiger partial charge in [-0.25, -0.2) is 14.4 Å². The van der Waals surface area contributed by atoms with Gasteiger partial charge < -0.3 is 15.2 Å². The molecule has 0 spiro atoms. The van der Waals surface area contributed by atoms with Crippen LogP contribution in [0.1, 0.15) is 24.8 Å². The number of nitrogens with one attached hydrogen (secondary N) is 2. The summed E-state index contributed by atoms with van der Waals surface area (Å²) in [6.45, 7) is 3.70. The van der Waals surface area contributed by atoms with E-state index >= 15 is 0 Å². The van der Waals surface area contributed by atoms with Gasteiger partial charge in [0.05, 0.1) is 17.6 Å². The summed E-state index contributed by atoms with van der Waals surface area (Å²) in [4.78, 5) is 26.5. The number of halogens is 1. The molecule has 6 nitrogen and oxygen atoms in total. The Labute approximate surface area is 163 Å². The maximum Gasteiger partial charge on any atom is 0.152 e. The molecule has 1 aliphatic rings. The first kappa shape index (κ1) is 18.4. The molecule has 2 N–H and O–H groups in total. The number of aryl methyl sites for hydroxylation is 1. The molecule has 0 amide bonds. The summed E-state index contributed by atoms with van der Waals surface area (Å²) in [7, 11) is 0. The third-order valence-corrected chi connectivity index (χ3v) is 5.27. The Bertz CT molecular complexity index is 986. The lowest BCUT2D eigenvalue weighted by Gasteiger charge is -2.33. The van der Waals surface area contributed by atoms with Crippen molar-refractivity contribution in [1.29, 1.82) is 0 Å². The third kappa shape index (κ3) is 3.98. The van der Waals surface area contributed by atoms with Crippen molar-refractivity contribution in [1.82, 2.24) is 15.0 Å². The minimum absolute atomic E-state index is 0.0984. The molecule has 1 fully saturated rings. The van der Waals surface area contributed by atoms with Gasteiger partial charge in [-0.15, -0.1) is 0 Å². The van der Waals surface area contributed by atoms with Gasteiger partial charge in [-0.2, -0.15) is 0 Å². The molecule has 146 valence electrons. The molecule has 0 saturated carbocycles. The van der Waals surface area contributed by atoms with E-state index in [2.05, 4.69) is 25.2 Å². The number of ketones is 1. The maximum absolute atomic E-state index is 13.9. The fourth-order valence-corrected chi connectivity index (χ4v) is 3.89. The second kappa shape index (κ2) is 7.96. The molecule has 2 aromatic heterocycles. The SMILES string of the molecule is Cc1ccc(NCC(=O)C[C@@H]2CCCN(c3ncnc4[nH]ccc34)C2)c(F)c1. The van der Waals surface area contributed by atoms with Crippen molar-refractivity contribution in [2.45, 2.75) is 26.2 Å². The number of hydrogen-bond acceptors (Lipinski definition) is 5. The van der Waals surface area contributed by atoms with Crippen LogP contribution < -0.4 is 10.2 Å². The van der Waals surface area contributed by atoms with Crippen molar-refractivity contribution in [2.24, 2.45) is 5.92 Å². The average molecular weight is 381 g/mol. The maximum atomic E-state index is 13.9. The van der Waals surface area contributed by atoms with Crippen molar-refractivity contribution in [3.8, 4) is 0 Å². The molecular weight excluding hydrogens is 357 g/mol. The van der Waals surface area contributed by atoms with Gasteiger partial charge >= 0.3 is 0 Å². The van der Waals surface area contributed by atoms with Crippen LogP contribution in [0.4, 0.5) is 15.9 Å². The van der Waals surface area contributed by atoms with Gasteiger partial charge in [0.15, 0.2) is 5.78 Å². The molecule has 0 radical (unpaired) electrons. The number of aromatic nitrogens is 3. The van der Waals surface area contributed by atoms with E-state index in [1.165, 1.54) is 6.07 Å². The highest BCUT2D eigenvalue weighted by Crippen LogP contribution is 2.28. The van der Waals surface area contributed by atoms with Crippen LogP contribution in [0.2, 0.25) is 0 Å². The van der Waals surface area contributed by atoms with Crippen LogP contribution in [0.3, 0.4) is 0 Å². The number of carbonyl (C=O) groups excluding carboxylic acids is 1. The highest BCUT2D eigenvalue weighted by Gasteiger charge is 2.24. The van der Waals surface area contributed by atoms with Gasteiger partial charge in [-0.3, -0.25) is 4.79 Å². The van der Waals surface area contributed by atoms with Gasteiger partial charge in [0.1, 0.15) is 23.6 Å². The zero-order valence-electron chi connectivity index (χ0n) is 15.9. The van der Waals surface area contributed by atoms with E-state index in [1.807, 2.05) is 25.3 Å². The second-order valence-electron chi connectivity index (χ2n) is 7.47. The Hall–Kier alpha value is -2.96. The molecule has 1 atom stereocenters. The molecule has 4 rings (SSSR count). The fourth-order valence-electron chi connectivity index (χ4n) is 3.89. The number of hydrogen-bond donors (Lipinski definition) is 2. The summed E-state index contributed by atoms with van der Waals surface area (Å²) >= 11 is 0. The number of benzene rings is 1. The molecule has 1 aliphatic heterocycles. The zero-order valence-corrected chi connectivity index (χ0v) is 15.9. The van der Waals surface area contributed by atoms with E-state index in [-0.39, 0.29) is 24.1 Å². The monoisotopic (exact) mass is 381 g/mol. The van der Waals surface area contributed by atoms with Crippen LogP contribution in [0.5, 0.6) is 0 Å². The van der Waals surface area contributed by atoms with E-state index < -0.39 is 0 Å². The summed E-state index contributed by atoms with van der Waals surface area (Å²) in [5.74, 6) is 0.968. The van der Waals surface area contributed by atoms with Gasteiger partial charge in [-0.05, 0) is 49.4 Å². The molecule has 0 unspecified atom stereocenters. The summed E-state index contributed by atoms with van der Waals surface area (Å²) < 4.78 is 13.9. The summed E-state index contributed by atoms with van der Waals surface area (Å²) in [5, 5.41) is 3.94. The molecular formula is C21H24FN5O. The van der Waals surface area contributed by atoms with Gasteiger partial charge in [-0.1, -0.05) is 6.07 Å². The normalized spacial score (nSPS) is 17.1. The van der Waals surface area contributed by atoms with Crippen LogP contribution in [0.15, 0.2) is 36.8 Å². The smallest absolute Gasteiger partial charge is 0.152 e. The number of nitrogens with zero attached hydrogens (tertiary/aromatic N) is 3. The summed E-state index contributed by atoms with van der Waals surface area (Å²) in [6.07, 6.45) is 5.96. The number of anilines is 2. The molecule has 1 saturated heterocycles. The predicted molar refractivity (Wildman–Crippen MR) is 108 cm³/mol. The Balaban J connectivity index is 1.36. The number of H-pyrrole nitrogens is 1. The van der Waals surface area contributed by atoms with Crippen LogP contribution in [0, 0.1) is 18.7 Å². The number of carbonyl (C=O) groups is 1. The van der Waals surface area contributed by atoms with Gasteiger partial charge in [0.25, 0.3) is 0 Å². The van der Waals surface area contributed by atoms with Crippen molar-refractivity contribution in [3.63, 3.8) is 0 Å². The fraction of sp³-hybridized carbons (Fsp3) is 0.381. The third-order valence-electron chi connectivity index (χ3n) is 5.27. The van der Waals surface area contributed by atoms with Crippen molar-refractivity contribution >= 4 is 28.3 Å². The van der Waals surface area contributed by atoms with Crippen LogP contribution in [0.25, 0.3) is 11.0 Å². The predicted octanol–water partition coefficient (Wildman–Crippen LogP) is 3.69. The van der Waals surface area contributed by atoms with Crippen molar-refractivity contribution in [2.75, 3.05) is 29.9 Å². The first-order chi connectivity index (χ1) is 13.6. The number of rotatable bonds is 6. The number of piperidine rings is 1. The molecule has 3 aromatic rings. The van der Waals surface area contributed by atoms with E-state index in [1.54, 1.807) is 12.4 Å². The molecule has 28 heavy (non-hydrogen) atoms. The lowest BCUT2D eigenvalue weighted by Crippen LogP contribution is -2.37. The quantitative estimate of drug-likeness (QED) is 0.681. The minimum Gasteiger partial charge on any atom is -0.376 e. The first-order valence-electron chi connectivity index (χ1n) is 9.65. The van der Waals surface area contributed by atoms with Crippen LogP contribution in [-0.2, 0) is 4.79 Å². The van der Waals surface area contributed by atoms with Gasteiger partial charge in [0.2, 0.25) is 0 Å². The summed E-state index contributed by atoms with van der Waals surface area (Å²) in [5.41, 5.74) is 2.06. The number of Topliss-reactive ketones (excluding diaryl/α,β-unsaturated/α-hetero) is 1. The van der Waals surface area contributed by atoms with Crippen molar-refractivity contribution < 1.29 is 9.18 Å². The highest BCUT2D eigenvalue weighted by atomic mass is 19.1. The van der Waals surface area contributed by atoms with Crippen LogP contribution in [-0.4, -0.2) is 40.4 Å². The zero-order chi connectivity index (χ0) is 19.5. The van der Waals surface area contributed by atoms with E-state index in [9.17, 15) is 9.18 Å². The molecule has 0 aliphatic carbocycles. The van der Waals surface area contributed by atoms with Gasteiger partial charge in [0, 0.05) is 25.7 Å². The van der Waals surface area contributed by atoms with E-state index in [4.69, 9.17) is 0 Å². The lowest BCUT2D eigenvalue weighted by molar-refractivity contribution is -0.118. The Kier molecular flexibility index (Phi) is 5.23. The average Bonchev–Trinajstić information content (AvgIpc) is 3.16. The van der Waals surface area contributed by atoms with Crippen LogP contribution >= 0.6 is 0 Å². The molecule has 1 aromatic carbocycles. The van der Waals surface area contributed by atoms with E-state index in [0.29, 0.717) is 12.1 Å². The lowest BCUT2D eigenvalue weighted by atomic mass is 9.92. The first-order valence-corrected chi connectivity index (χ1v) is 9.65. The Morgan fingerprint density at radius 1 is 1.36 bits per heavy atom. The van der Waals surface area contributed by atoms with Crippen molar-refractivity contribution in [3.05, 3.63) is 48.2 Å². The molecule has 3 heterocycles. The standard InChI is InChI=1S/C21H24FN5O/c1-14-4-5-19(18(22)9-14)24-11-16(28)10-15-3-2-8-27(12-15)21-17-6-7-23-20(17)25-13-26-21/h4-7,9,13,15,24H,2-3,8,10-12H2,1H3,(H,23,25,26)/t15-/m0/s1. The minimum atomic E-state index is -0.323.